The largest absolute Gasteiger partial charge is 0.344 e. The molecular weight excluding hydrogens is 476 g/mol. The molecule has 0 atom stereocenters. The molecule has 0 radical (unpaired) electrons. The number of thiazole rings is 1. The second-order valence-electron chi connectivity index (χ2n) is 9.58. The molecule has 6 rings (SSSR count). The van der Waals surface area contributed by atoms with Crippen molar-refractivity contribution in [1.29, 1.82) is 0 Å². The molecule has 2 amide bonds. The number of amides is 2. The number of nitrogens with zero attached hydrogens (tertiary/aromatic N) is 5. The number of anilines is 3. The Kier molecular flexibility index (Phi) is 6.48. The fourth-order valence-corrected chi connectivity index (χ4v) is 5.41. The summed E-state index contributed by atoms with van der Waals surface area (Å²) in [6, 6.07) is 3.89. The van der Waals surface area contributed by atoms with E-state index in [0.29, 0.717) is 15.4 Å². The molecule has 2 aliphatic rings. The molecule has 1 saturated heterocycles. The Labute approximate surface area is 213 Å². The Morgan fingerprint density at radius 3 is 2.69 bits per heavy atom. The van der Waals surface area contributed by atoms with E-state index >= 15 is 0 Å². The second kappa shape index (κ2) is 9.73. The van der Waals surface area contributed by atoms with Crippen LogP contribution >= 0.6 is 11.3 Å². The SMILES string of the molecule is CCn1cc(C)c(Nc2ncc(C(=O)Nc3c(C)ccc4[nH]ncc34)s2)n1.O=CN1CC2(CCC2)C1. The summed E-state index contributed by atoms with van der Waals surface area (Å²) in [4.78, 5) is 29.5. The minimum absolute atomic E-state index is 0.201. The molecule has 4 heterocycles. The van der Waals surface area contributed by atoms with E-state index in [2.05, 4.69) is 30.9 Å². The predicted molar refractivity (Wildman–Crippen MR) is 141 cm³/mol. The summed E-state index contributed by atoms with van der Waals surface area (Å²) >= 11 is 1.29. The van der Waals surface area contributed by atoms with Crippen molar-refractivity contribution in [2.75, 3.05) is 23.7 Å². The molecule has 188 valence electrons. The van der Waals surface area contributed by atoms with Crippen LogP contribution in [0.15, 0.2) is 30.7 Å². The zero-order valence-corrected chi connectivity index (χ0v) is 21.5. The fraction of sp³-hybridized carbons (Fsp3) is 0.400. The van der Waals surface area contributed by atoms with Gasteiger partial charge >= 0.3 is 0 Å². The van der Waals surface area contributed by atoms with Crippen LogP contribution in [-0.2, 0) is 11.3 Å². The highest BCUT2D eigenvalue weighted by Gasteiger charge is 2.46. The average Bonchev–Trinajstić information content (AvgIpc) is 3.55. The third-order valence-electron chi connectivity index (χ3n) is 6.93. The van der Waals surface area contributed by atoms with Crippen LogP contribution in [0, 0.1) is 19.3 Å². The van der Waals surface area contributed by atoms with Crippen LogP contribution in [0.2, 0.25) is 0 Å². The van der Waals surface area contributed by atoms with Gasteiger partial charge in [0.1, 0.15) is 4.88 Å². The first-order valence-electron chi connectivity index (χ1n) is 12.1. The zero-order chi connectivity index (χ0) is 25.3. The van der Waals surface area contributed by atoms with Gasteiger partial charge in [-0.3, -0.25) is 19.4 Å². The molecule has 11 heteroatoms. The summed E-state index contributed by atoms with van der Waals surface area (Å²) in [5.74, 6) is 0.547. The molecule has 4 aromatic rings. The number of carbonyl (C=O) groups excluding carboxylic acids is 2. The van der Waals surface area contributed by atoms with Crippen LogP contribution in [0.25, 0.3) is 10.9 Å². The molecule has 1 aliphatic carbocycles. The van der Waals surface area contributed by atoms with E-state index in [9.17, 15) is 9.59 Å². The molecule has 10 nitrogen and oxygen atoms in total. The number of likely N-dealkylation sites (tertiary alicyclic amines) is 1. The molecular formula is C25H30N8O2S. The summed E-state index contributed by atoms with van der Waals surface area (Å²) in [6.07, 6.45) is 10.3. The van der Waals surface area contributed by atoms with Crippen LogP contribution in [0.4, 0.5) is 16.6 Å². The highest BCUT2D eigenvalue weighted by Crippen LogP contribution is 2.47. The van der Waals surface area contributed by atoms with Gasteiger partial charge in [-0.25, -0.2) is 4.98 Å². The van der Waals surface area contributed by atoms with Gasteiger partial charge in [-0.05, 0) is 45.2 Å². The maximum atomic E-state index is 12.7. The summed E-state index contributed by atoms with van der Waals surface area (Å²) in [6.45, 7) is 8.84. The first kappa shape index (κ1) is 24.0. The molecule has 1 saturated carbocycles. The van der Waals surface area contributed by atoms with Crippen molar-refractivity contribution in [3.63, 3.8) is 0 Å². The van der Waals surface area contributed by atoms with E-state index in [1.807, 2.05) is 48.7 Å². The van der Waals surface area contributed by atoms with E-state index in [4.69, 9.17) is 0 Å². The van der Waals surface area contributed by atoms with Crippen LogP contribution in [-0.4, -0.2) is 55.3 Å². The minimum Gasteiger partial charge on any atom is -0.344 e. The molecule has 3 aromatic heterocycles. The first-order valence-corrected chi connectivity index (χ1v) is 12.9. The van der Waals surface area contributed by atoms with E-state index in [0.717, 1.165) is 59.6 Å². The lowest BCUT2D eigenvalue weighted by Crippen LogP contribution is -2.58. The molecule has 1 aromatic carbocycles. The van der Waals surface area contributed by atoms with Crippen molar-refractivity contribution in [1.82, 2.24) is 29.9 Å². The highest BCUT2D eigenvalue weighted by atomic mass is 32.1. The Morgan fingerprint density at radius 2 is 2.03 bits per heavy atom. The van der Waals surface area contributed by atoms with E-state index < -0.39 is 0 Å². The van der Waals surface area contributed by atoms with Crippen LogP contribution < -0.4 is 10.6 Å². The number of aromatic nitrogens is 5. The summed E-state index contributed by atoms with van der Waals surface area (Å²) in [5, 5.41) is 19.1. The number of carbonyl (C=O) groups is 2. The van der Waals surface area contributed by atoms with Crippen molar-refractivity contribution < 1.29 is 9.59 Å². The standard InChI is InChI=1S/C18H19N7OS.C7H11NO/c1-4-25-9-11(3)16(24-25)22-18-19-8-14(27-18)17(26)21-15-10(2)5-6-13-12(15)7-20-23-13;9-6-8-4-7(5-8)2-1-3-7/h5-9H,4H2,1-3H3,(H,20,23)(H,21,26)(H,19,22,24);6H,1-5H2. The van der Waals surface area contributed by atoms with Crippen molar-refractivity contribution >= 4 is 51.2 Å². The average molecular weight is 507 g/mol. The number of rotatable bonds is 6. The first-order chi connectivity index (χ1) is 17.4. The van der Waals surface area contributed by atoms with Crippen LogP contribution in [0.3, 0.4) is 0 Å². The van der Waals surface area contributed by atoms with Crippen LogP contribution in [0.1, 0.15) is 47.0 Å². The highest BCUT2D eigenvalue weighted by molar-refractivity contribution is 7.17. The van der Waals surface area contributed by atoms with Crippen LogP contribution in [0.5, 0.6) is 0 Å². The Morgan fingerprint density at radius 1 is 1.22 bits per heavy atom. The van der Waals surface area contributed by atoms with Gasteiger partial charge < -0.3 is 15.5 Å². The molecule has 36 heavy (non-hydrogen) atoms. The molecule has 0 bridgehead atoms. The molecule has 2 fully saturated rings. The van der Waals surface area contributed by atoms with Crippen molar-refractivity contribution in [3.05, 3.63) is 46.7 Å². The summed E-state index contributed by atoms with van der Waals surface area (Å²) in [5.41, 5.74) is 4.25. The Bertz CT molecular complexity index is 1390. The number of nitrogens with one attached hydrogen (secondary N) is 3. The van der Waals surface area contributed by atoms with Gasteiger partial charge in [0.05, 0.1) is 23.6 Å². The summed E-state index contributed by atoms with van der Waals surface area (Å²) < 4.78 is 1.85. The summed E-state index contributed by atoms with van der Waals surface area (Å²) in [7, 11) is 0. The fourth-order valence-electron chi connectivity index (χ4n) is 4.70. The lowest BCUT2D eigenvalue weighted by atomic mass is 9.64. The monoisotopic (exact) mass is 506 g/mol. The number of hydrogen-bond acceptors (Lipinski definition) is 7. The zero-order valence-electron chi connectivity index (χ0n) is 20.7. The smallest absolute Gasteiger partial charge is 0.267 e. The third kappa shape index (κ3) is 4.70. The molecule has 1 spiro atoms. The molecule has 1 aliphatic heterocycles. The van der Waals surface area contributed by atoms with Gasteiger partial charge in [0, 0.05) is 42.2 Å². The van der Waals surface area contributed by atoms with Gasteiger partial charge in [-0.1, -0.05) is 23.8 Å². The van der Waals surface area contributed by atoms with E-state index in [-0.39, 0.29) is 5.91 Å². The van der Waals surface area contributed by atoms with E-state index in [1.54, 1.807) is 12.4 Å². The normalized spacial score (nSPS) is 15.6. The minimum atomic E-state index is -0.201. The second-order valence-corrected chi connectivity index (χ2v) is 10.6. The van der Waals surface area contributed by atoms with E-state index in [1.165, 1.54) is 30.6 Å². The van der Waals surface area contributed by atoms with Gasteiger partial charge in [0.15, 0.2) is 10.9 Å². The Hall–Kier alpha value is -3.73. The lowest BCUT2D eigenvalue weighted by Gasteiger charge is -2.54. The number of H-pyrrole nitrogens is 1. The lowest BCUT2D eigenvalue weighted by molar-refractivity contribution is -0.135. The maximum Gasteiger partial charge on any atom is 0.267 e. The number of aryl methyl sites for hydroxylation is 3. The quantitative estimate of drug-likeness (QED) is 0.332. The van der Waals surface area contributed by atoms with Gasteiger partial charge in [-0.15, -0.1) is 0 Å². The predicted octanol–water partition coefficient (Wildman–Crippen LogP) is 4.48. The molecule has 0 unspecified atom stereocenters. The Balaban J connectivity index is 0.000000247. The van der Waals surface area contributed by atoms with Crippen molar-refractivity contribution in [3.8, 4) is 0 Å². The van der Waals surface area contributed by atoms with Gasteiger partial charge in [0.25, 0.3) is 5.91 Å². The van der Waals surface area contributed by atoms with Crippen molar-refractivity contribution in [2.45, 2.75) is 46.6 Å². The number of aromatic amines is 1. The number of benzene rings is 1. The topological polar surface area (TPSA) is 121 Å². The van der Waals surface area contributed by atoms with Crippen molar-refractivity contribution in [2.24, 2.45) is 5.41 Å². The van der Waals surface area contributed by atoms with Gasteiger partial charge in [-0.2, -0.15) is 10.2 Å². The number of fused-ring (bicyclic) bond motifs is 1. The number of hydrogen-bond donors (Lipinski definition) is 3. The van der Waals surface area contributed by atoms with Gasteiger partial charge in [0.2, 0.25) is 6.41 Å². The third-order valence-corrected chi connectivity index (χ3v) is 7.85. The maximum absolute atomic E-state index is 12.7. The molecule has 3 N–H and O–H groups in total.